The third-order valence-electron chi connectivity index (χ3n) is 5.60. The van der Waals surface area contributed by atoms with Crippen molar-refractivity contribution >= 4 is 31.9 Å². The van der Waals surface area contributed by atoms with Crippen LogP contribution in [0.25, 0.3) is 0 Å². The molecule has 0 heterocycles. The van der Waals surface area contributed by atoms with E-state index in [4.69, 9.17) is 0 Å². The molecule has 0 radical (unpaired) electrons. The van der Waals surface area contributed by atoms with Gasteiger partial charge in [-0.05, 0) is 60.3 Å². The van der Waals surface area contributed by atoms with Gasteiger partial charge in [0.15, 0.2) is 0 Å². The minimum Gasteiger partial charge on any atom is -0.508 e. The first-order valence-electron chi connectivity index (χ1n) is 11.0. The van der Waals surface area contributed by atoms with Gasteiger partial charge in [0, 0.05) is 46.3 Å². The highest BCUT2D eigenvalue weighted by Gasteiger charge is 2.22. The summed E-state index contributed by atoms with van der Waals surface area (Å²) in [5.74, 6) is 0.614. The zero-order chi connectivity index (χ0) is 24.4. The van der Waals surface area contributed by atoms with E-state index in [2.05, 4.69) is 97.3 Å². The number of likely N-dealkylation sites (N-methyl/N-ethyl adjacent to an activating group) is 1. The summed E-state index contributed by atoms with van der Waals surface area (Å²) in [6, 6.07) is 7.79. The third kappa shape index (κ3) is 7.21. The van der Waals surface area contributed by atoms with Gasteiger partial charge in [-0.25, -0.2) is 0 Å². The average molecular weight is 570 g/mol. The molecule has 2 aromatic rings. The van der Waals surface area contributed by atoms with E-state index in [0.717, 1.165) is 44.3 Å². The fourth-order valence-corrected chi connectivity index (χ4v) is 5.62. The van der Waals surface area contributed by atoms with Gasteiger partial charge in [-0.3, -0.25) is 4.90 Å². The van der Waals surface area contributed by atoms with Crippen molar-refractivity contribution in [1.82, 2.24) is 9.80 Å². The Balaban J connectivity index is 2.36. The van der Waals surface area contributed by atoms with E-state index in [0.29, 0.717) is 24.6 Å². The van der Waals surface area contributed by atoms with E-state index in [1.807, 2.05) is 24.3 Å². The second-order valence-electron chi connectivity index (χ2n) is 10.9. The molecule has 6 heteroatoms. The van der Waals surface area contributed by atoms with Gasteiger partial charge in [0.05, 0.1) is 0 Å². The zero-order valence-electron chi connectivity index (χ0n) is 20.7. The monoisotopic (exact) mass is 568 g/mol. The number of halogens is 2. The van der Waals surface area contributed by atoms with Crippen molar-refractivity contribution in [3.63, 3.8) is 0 Å². The molecule has 0 atom stereocenters. The Morgan fingerprint density at radius 1 is 0.688 bits per heavy atom. The topological polar surface area (TPSA) is 46.9 Å². The number of aromatic hydroxyl groups is 2. The zero-order valence-corrected chi connectivity index (χ0v) is 23.9. The maximum atomic E-state index is 10.8. The summed E-state index contributed by atoms with van der Waals surface area (Å²) in [5, 5.41) is 21.6. The number of rotatable bonds is 7. The van der Waals surface area contributed by atoms with Gasteiger partial charge in [0.2, 0.25) is 0 Å². The maximum Gasteiger partial charge on any atom is 0.120 e. The molecule has 0 amide bonds. The fraction of sp³-hybridized carbons (Fsp3) is 0.538. The lowest BCUT2D eigenvalue weighted by atomic mass is 9.86. The van der Waals surface area contributed by atoms with Crippen molar-refractivity contribution in [1.29, 1.82) is 0 Å². The van der Waals surface area contributed by atoms with E-state index < -0.39 is 0 Å². The predicted molar refractivity (Wildman–Crippen MR) is 142 cm³/mol. The second kappa shape index (κ2) is 10.5. The number of phenolic OH excluding ortho intramolecular Hbond substituents is 2. The fourth-order valence-electron chi connectivity index (χ4n) is 3.65. The van der Waals surface area contributed by atoms with E-state index in [1.54, 1.807) is 0 Å². The quantitative estimate of drug-likeness (QED) is 0.386. The summed E-state index contributed by atoms with van der Waals surface area (Å²) in [5.41, 5.74) is 3.77. The molecule has 0 saturated heterocycles. The first kappa shape index (κ1) is 27.2. The molecule has 0 unspecified atom stereocenters. The summed E-state index contributed by atoms with van der Waals surface area (Å²) in [6.07, 6.45) is 0. The van der Waals surface area contributed by atoms with Gasteiger partial charge in [-0.1, -0.05) is 73.4 Å². The molecule has 0 spiro atoms. The molecule has 0 aliphatic carbocycles. The Bertz CT molecular complexity index is 873. The van der Waals surface area contributed by atoms with Crippen molar-refractivity contribution in [3.05, 3.63) is 55.5 Å². The van der Waals surface area contributed by atoms with Crippen molar-refractivity contribution < 1.29 is 10.2 Å². The van der Waals surface area contributed by atoms with Gasteiger partial charge in [0.1, 0.15) is 11.5 Å². The van der Waals surface area contributed by atoms with E-state index in [-0.39, 0.29) is 10.8 Å². The molecule has 32 heavy (non-hydrogen) atoms. The van der Waals surface area contributed by atoms with Gasteiger partial charge in [-0.2, -0.15) is 0 Å². The van der Waals surface area contributed by atoms with Gasteiger partial charge >= 0.3 is 0 Å². The molecule has 4 nitrogen and oxygen atoms in total. The molecular weight excluding hydrogens is 532 g/mol. The van der Waals surface area contributed by atoms with E-state index in [9.17, 15) is 10.2 Å². The van der Waals surface area contributed by atoms with Crippen molar-refractivity contribution in [2.45, 2.75) is 65.5 Å². The van der Waals surface area contributed by atoms with Crippen LogP contribution in [0.5, 0.6) is 11.5 Å². The molecule has 0 aliphatic rings. The normalized spacial score (nSPS) is 12.8. The Morgan fingerprint density at radius 3 is 1.38 bits per heavy atom. The largest absolute Gasteiger partial charge is 0.508 e. The SMILES string of the molecule is CN(C)CCN(Cc1cc(Br)c(C(C)(C)C)cc1O)Cc1cc(Br)c(C(C)(C)C)cc1O. The number of hydrogen-bond donors (Lipinski definition) is 2. The lowest BCUT2D eigenvalue weighted by Gasteiger charge is -2.27. The summed E-state index contributed by atoms with van der Waals surface area (Å²) in [6.45, 7) is 15.7. The molecule has 178 valence electrons. The highest BCUT2D eigenvalue weighted by atomic mass is 79.9. The van der Waals surface area contributed by atoms with Crippen LogP contribution in [0.2, 0.25) is 0 Å². The minimum atomic E-state index is -0.0632. The molecule has 0 saturated carbocycles. The Morgan fingerprint density at radius 2 is 1.06 bits per heavy atom. The van der Waals surface area contributed by atoms with Crippen LogP contribution in [0.15, 0.2) is 33.2 Å². The first-order valence-corrected chi connectivity index (χ1v) is 12.6. The lowest BCUT2D eigenvalue weighted by molar-refractivity contribution is 0.221. The molecular formula is C26H38Br2N2O2. The Kier molecular flexibility index (Phi) is 8.88. The van der Waals surface area contributed by atoms with E-state index >= 15 is 0 Å². The van der Waals surface area contributed by atoms with E-state index in [1.165, 1.54) is 0 Å². The highest BCUT2D eigenvalue weighted by molar-refractivity contribution is 9.10. The van der Waals surface area contributed by atoms with Crippen LogP contribution in [-0.2, 0) is 23.9 Å². The summed E-state index contributed by atoms with van der Waals surface area (Å²) in [4.78, 5) is 4.40. The Labute approximate surface area is 210 Å². The van der Waals surface area contributed by atoms with Gasteiger partial charge in [0.25, 0.3) is 0 Å². The van der Waals surface area contributed by atoms with Crippen molar-refractivity contribution in [2.24, 2.45) is 0 Å². The molecule has 2 aromatic carbocycles. The third-order valence-corrected chi connectivity index (χ3v) is 6.92. The average Bonchev–Trinajstić information content (AvgIpc) is 2.63. The number of nitrogens with zero attached hydrogens (tertiary/aromatic N) is 2. The first-order chi connectivity index (χ1) is 14.6. The van der Waals surface area contributed by atoms with Crippen LogP contribution >= 0.6 is 31.9 Å². The second-order valence-corrected chi connectivity index (χ2v) is 12.6. The number of hydrogen-bond acceptors (Lipinski definition) is 4. The van der Waals surface area contributed by atoms with Crippen LogP contribution in [0.4, 0.5) is 0 Å². The van der Waals surface area contributed by atoms with Crippen molar-refractivity contribution in [2.75, 3.05) is 27.2 Å². The maximum absolute atomic E-state index is 10.8. The van der Waals surface area contributed by atoms with Gasteiger partial charge < -0.3 is 15.1 Å². The number of phenols is 2. The smallest absolute Gasteiger partial charge is 0.120 e. The van der Waals surface area contributed by atoms with Crippen molar-refractivity contribution in [3.8, 4) is 11.5 Å². The Hall–Kier alpha value is -1.08. The summed E-state index contributed by atoms with van der Waals surface area (Å²) < 4.78 is 2.01. The number of benzene rings is 2. The van der Waals surface area contributed by atoms with Crippen LogP contribution in [0.1, 0.15) is 63.8 Å². The molecule has 0 fully saturated rings. The minimum absolute atomic E-state index is 0.0632. The highest BCUT2D eigenvalue weighted by Crippen LogP contribution is 2.37. The molecule has 0 aliphatic heterocycles. The van der Waals surface area contributed by atoms with Crippen LogP contribution in [0.3, 0.4) is 0 Å². The van der Waals surface area contributed by atoms with Crippen LogP contribution in [-0.4, -0.2) is 47.2 Å². The predicted octanol–water partition coefficient (Wildman–Crippen LogP) is 6.78. The lowest BCUT2D eigenvalue weighted by Crippen LogP contribution is -2.31. The molecule has 2 N–H and O–H groups in total. The van der Waals surface area contributed by atoms with Crippen LogP contribution < -0.4 is 0 Å². The summed E-state index contributed by atoms with van der Waals surface area (Å²) >= 11 is 7.40. The standard InChI is InChI=1S/C26H38Br2N2O2/c1-25(2,3)19-13-23(31)17(11-21(19)27)15-30(10-9-29(7)8)16-18-12-22(28)20(14-24(18)32)26(4,5)6/h11-14,31-32H,9-10,15-16H2,1-8H3. The summed E-state index contributed by atoms with van der Waals surface area (Å²) in [7, 11) is 4.10. The van der Waals surface area contributed by atoms with Gasteiger partial charge in [-0.15, -0.1) is 0 Å². The molecule has 2 rings (SSSR count). The molecule has 0 bridgehead atoms. The molecule has 0 aromatic heterocycles. The van der Waals surface area contributed by atoms with Crippen LogP contribution in [0, 0.1) is 0 Å².